The summed E-state index contributed by atoms with van der Waals surface area (Å²) in [6, 6.07) is 3.41. The molecule has 5 nitrogen and oxygen atoms in total. The summed E-state index contributed by atoms with van der Waals surface area (Å²) < 4.78 is 5.97. The minimum Gasteiger partial charge on any atom is -0.482 e. The maximum Gasteiger partial charge on any atom is 0.311 e. The smallest absolute Gasteiger partial charge is 0.311 e. The minimum absolute atomic E-state index is 0.00000378. The lowest BCUT2D eigenvalue weighted by molar-refractivity contribution is -0.386. The van der Waals surface area contributed by atoms with E-state index < -0.39 is 4.92 Å². The van der Waals surface area contributed by atoms with Gasteiger partial charge >= 0.3 is 5.69 Å². The molecule has 1 unspecified atom stereocenters. The summed E-state index contributed by atoms with van der Waals surface area (Å²) in [6.07, 6.45) is 3.98. The molecule has 5 heteroatoms. The van der Waals surface area contributed by atoms with E-state index in [1.54, 1.807) is 0 Å². The summed E-state index contributed by atoms with van der Waals surface area (Å²) >= 11 is 0. The van der Waals surface area contributed by atoms with Crippen LogP contribution >= 0.6 is 0 Å². The van der Waals surface area contributed by atoms with Crippen LogP contribution in [0.3, 0.4) is 0 Å². The minimum atomic E-state index is -0.406. The molecule has 2 aliphatic rings. The van der Waals surface area contributed by atoms with E-state index in [2.05, 4.69) is 0 Å². The highest BCUT2D eigenvalue weighted by atomic mass is 16.6. The van der Waals surface area contributed by atoms with Gasteiger partial charge < -0.3 is 4.74 Å². The van der Waals surface area contributed by atoms with Gasteiger partial charge in [-0.15, -0.1) is 0 Å². The van der Waals surface area contributed by atoms with Gasteiger partial charge in [0.15, 0.2) is 5.75 Å². The van der Waals surface area contributed by atoms with Gasteiger partial charge in [-0.2, -0.15) is 0 Å². The van der Waals surface area contributed by atoms with Gasteiger partial charge in [0.2, 0.25) is 0 Å². The summed E-state index contributed by atoms with van der Waals surface area (Å²) in [5.74, 6) is 0.590. The number of hydrogen-bond acceptors (Lipinski definition) is 4. The molecule has 0 amide bonds. The number of benzene rings is 1. The number of nitrogens with zero attached hydrogens (tertiary/aromatic N) is 1. The monoisotopic (exact) mass is 289 g/mol. The highest BCUT2D eigenvalue weighted by molar-refractivity contribution is 5.92. The molecule has 112 valence electrons. The van der Waals surface area contributed by atoms with Gasteiger partial charge in [0.1, 0.15) is 11.9 Å². The highest BCUT2D eigenvalue weighted by Crippen LogP contribution is 2.52. The second-order valence-electron chi connectivity index (χ2n) is 6.28. The molecular formula is C16H19NO4. The fourth-order valence-corrected chi connectivity index (χ4v) is 3.74. The lowest BCUT2D eigenvalue weighted by atomic mass is 9.63. The number of Topliss-reactive ketones (excluding diaryl/α,β-unsaturated/α-hetero) is 1. The van der Waals surface area contributed by atoms with Gasteiger partial charge in [-0.1, -0.05) is 18.9 Å². The first-order chi connectivity index (χ1) is 9.94. The molecule has 1 atom stereocenters. The van der Waals surface area contributed by atoms with E-state index in [9.17, 15) is 14.9 Å². The van der Waals surface area contributed by atoms with Crippen molar-refractivity contribution in [3.8, 4) is 5.75 Å². The van der Waals surface area contributed by atoms with E-state index in [1.807, 2.05) is 19.9 Å². The zero-order valence-electron chi connectivity index (χ0n) is 12.3. The molecule has 2 saturated carbocycles. The topological polar surface area (TPSA) is 69.4 Å². The van der Waals surface area contributed by atoms with Gasteiger partial charge in [-0.3, -0.25) is 14.9 Å². The third-order valence-electron chi connectivity index (χ3n) is 4.89. The van der Waals surface area contributed by atoms with Crippen molar-refractivity contribution < 1.29 is 14.5 Å². The van der Waals surface area contributed by atoms with Crippen molar-refractivity contribution in [2.75, 3.05) is 0 Å². The zero-order valence-corrected chi connectivity index (χ0v) is 12.3. The Morgan fingerprint density at radius 1 is 1.29 bits per heavy atom. The Labute approximate surface area is 123 Å². The van der Waals surface area contributed by atoms with Crippen LogP contribution in [0.5, 0.6) is 5.75 Å². The second-order valence-corrected chi connectivity index (χ2v) is 6.28. The van der Waals surface area contributed by atoms with Crippen LogP contribution in [-0.4, -0.2) is 16.8 Å². The van der Waals surface area contributed by atoms with Crippen LogP contribution in [-0.2, 0) is 4.79 Å². The molecule has 21 heavy (non-hydrogen) atoms. The van der Waals surface area contributed by atoms with Crippen molar-refractivity contribution in [3.05, 3.63) is 33.4 Å². The van der Waals surface area contributed by atoms with E-state index in [-0.39, 0.29) is 23.0 Å². The maximum absolute atomic E-state index is 12.0. The van der Waals surface area contributed by atoms with Crippen molar-refractivity contribution in [2.24, 2.45) is 5.41 Å². The summed E-state index contributed by atoms with van der Waals surface area (Å²) in [7, 11) is 0. The van der Waals surface area contributed by atoms with E-state index in [0.717, 1.165) is 36.8 Å². The molecule has 0 saturated heterocycles. The molecule has 1 aromatic carbocycles. The van der Waals surface area contributed by atoms with Crippen LogP contribution < -0.4 is 4.74 Å². The Balaban J connectivity index is 1.92. The summed E-state index contributed by atoms with van der Waals surface area (Å²) in [4.78, 5) is 22.8. The zero-order chi connectivity index (χ0) is 15.2. The number of nitro groups is 1. The van der Waals surface area contributed by atoms with E-state index >= 15 is 0 Å². The quantitative estimate of drug-likeness (QED) is 0.631. The average molecular weight is 289 g/mol. The fourth-order valence-electron chi connectivity index (χ4n) is 3.74. The van der Waals surface area contributed by atoms with Crippen LogP contribution in [0.2, 0.25) is 0 Å². The van der Waals surface area contributed by atoms with Crippen molar-refractivity contribution in [3.63, 3.8) is 0 Å². The van der Waals surface area contributed by atoms with Crippen LogP contribution in [0.15, 0.2) is 12.1 Å². The molecule has 0 heterocycles. The number of rotatable bonds is 3. The van der Waals surface area contributed by atoms with Gasteiger partial charge in [-0.25, -0.2) is 0 Å². The Morgan fingerprint density at radius 3 is 2.52 bits per heavy atom. The molecule has 2 aliphatic carbocycles. The SMILES string of the molecule is Cc1cc(C)c(OC2CC(=O)C23CCCC3)c([N+](=O)[O-])c1. The number of aryl methyl sites for hydroxylation is 2. The van der Waals surface area contributed by atoms with Crippen molar-refractivity contribution in [1.82, 2.24) is 0 Å². The van der Waals surface area contributed by atoms with Crippen LogP contribution in [0.25, 0.3) is 0 Å². The number of carbonyl (C=O) groups is 1. The molecule has 1 aromatic rings. The van der Waals surface area contributed by atoms with Gasteiger partial charge in [-0.05, 0) is 37.8 Å². The standard InChI is InChI=1S/C16H19NO4/c1-10-7-11(2)15(12(8-10)17(19)20)21-14-9-13(18)16(14)5-3-4-6-16/h7-8,14H,3-6,9H2,1-2H3. The lowest BCUT2D eigenvalue weighted by Crippen LogP contribution is -2.55. The van der Waals surface area contributed by atoms with Gasteiger partial charge in [0.25, 0.3) is 0 Å². The maximum atomic E-state index is 12.0. The summed E-state index contributed by atoms with van der Waals surface area (Å²) in [6.45, 7) is 3.65. The fraction of sp³-hybridized carbons (Fsp3) is 0.562. The van der Waals surface area contributed by atoms with Crippen molar-refractivity contribution in [2.45, 2.75) is 52.1 Å². The predicted molar refractivity (Wildman–Crippen MR) is 77.5 cm³/mol. The van der Waals surface area contributed by atoms with Gasteiger partial charge in [0.05, 0.1) is 10.3 Å². The first-order valence-corrected chi connectivity index (χ1v) is 7.39. The Bertz CT molecular complexity index is 617. The van der Waals surface area contributed by atoms with Crippen LogP contribution in [0.4, 0.5) is 5.69 Å². The van der Waals surface area contributed by atoms with Crippen LogP contribution in [0, 0.1) is 29.4 Å². The normalized spacial score (nSPS) is 23.1. The molecule has 0 N–H and O–H groups in total. The largest absolute Gasteiger partial charge is 0.482 e. The van der Waals surface area contributed by atoms with Crippen LogP contribution in [0.1, 0.15) is 43.2 Å². The first kappa shape index (κ1) is 14.0. The van der Waals surface area contributed by atoms with E-state index in [0.29, 0.717) is 12.2 Å². The lowest BCUT2D eigenvalue weighted by Gasteiger charge is -2.44. The molecule has 0 bridgehead atoms. The third-order valence-corrected chi connectivity index (χ3v) is 4.89. The Morgan fingerprint density at radius 2 is 1.95 bits per heavy atom. The molecule has 0 radical (unpaired) electrons. The number of hydrogen-bond donors (Lipinski definition) is 0. The Kier molecular flexibility index (Phi) is 3.23. The molecule has 3 rings (SSSR count). The molecule has 1 spiro atoms. The third kappa shape index (κ3) is 2.11. The average Bonchev–Trinajstić information content (AvgIpc) is 2.92. The molecule has 0 aliphatic heterocycles. The van der Waals surface area contributed by atoms with Gasteiger partial charge in [0, 0.05) is 12.5 Å². The summed E-state index contributed by atoms with van der Waals surface area (Å²) in [5.41, 5.74) is 1.23. The Hall–Kier alpha value is -1.91. The van der Waals surface area contributed by atoms with E-state index in [1.165, 1.54) is 6.07 Å². The predicted octanol–water partition coefficient (Wildman–Crippen LogP) is 3.49. The number of carbonyl (C=O) groups excluding carboxylic acids is 1. The highest BCUT2D eigenvalue weighted by Gasteiger charge is 2.57. The number of ether oxygens (including phenoxy) is 1. The molecule has 0 aromatic heterocycles. The number of ketones is 1. The molecule has 2 fully saturated rings. The second kappa shape index (κ2) is 4.83. The number of nitro benzene ring substituents is 1. The first-order valence-electron chi connectivity index (χ1n) is 7.39. The van der Waals surface area contributed by atoms with E-state index in [4.69, 9.17) is 4.74 Å². The van der Waals surface area contributed by atoms with Crippen molar-refractivity contribution >= 4 is 11.5 Å². The molecular weight excluding hydrogens is 270 g/mol. The van der Waals surface area contributed by atoms with Crippen molar-refractivity contribution in [1.29, 1.82) is 0 Å². The summed E-state index contributed by atoms with van der Waals surface area (Å²) in [5, 5.41) is 11.2.